The fourth-order valence-electron chi connectivity index (χ4n) is 1.99. The van der Waals surface area contributed by atoms with Gasteiger partial charge in [0.25, 0.3) is 0 Å². The summed E-state index contributed by atoms with van der Waals surface area (Å²) < 4.78 is 48.0. The van der Waals surface area contributed by atoms with Gasteiger partial charge in [0.15, 0.2) is 0 Å². The fourth-order valence-corrected chi connectivity index (χ4v) is 1.99. The van der Waals surface area contributed by atoms with E-state index in [-0.39, 0.29) is 6.61 Å². The highest BCUT2D eigenvalue weighted by Gasteiger charge is 2.30. The minimum atomic E-state index is -4.35. The molecule has 0 saturated heterocycles. The van der Waals surface area contributed by atoms with Crippen molar-refractivity contribution in [2.45, 2.75) is 12.2 Å². The lowest BCUT2D eigenvalue weighted by atomic mass is 10.1. The summed E-state index contributed by atoms with van der Waals surface area (Å²) in [4.78, 5) is 0. The first-order valence-electron chi connectivity index (χ1n) is 6.60. The molecule has 2 aromatic rings. The van der Waals surface area contributed by atoms with Crippen molar-refractivity contribution in [3.05, 3.63) is 59.7 Å². The van der Waals surface area contributed by atoms with Crippen molar-refractivity contribution in [3.8, 4) is 11.5 Å². The second-order valence-electron chi connectivity index (χ2n) is 4.68. The summed E-state index contributed by atoms with van der Waals surface area (Å²) in [6.45, 7) is 0.131. The third-order valence-corrected chi connectivity index (χ3v) is 3.15. The van der Waals surface area contributed by atoms with E-state index in [2.05, 4.69) is 0 Å². The Labute approximate surface area is 126 Å². The zero-order chi connectivity index (χ0) is 16.2. The van der Waals surface area contributed by atoms with Gasteiger partial charge in [-0.15, -0.1) is 0 Å². The summed E-state index contributed by atoms with van der Waals surface area (Å²) >= 11 is 0. The number of para-hydroxylation sites is 1. The normalized spacial score (nSPS) is 12.8. The van der Waals surface area contributed by atoms with Gasteiger partial charge in [0, 0.05) is 5.56 Å². The van der Waals surface area contributed by atoms with Crippen molar-refractivity contribution < 1.29 is 22.6 Å². The van der Waals surface area contributed by atoms with Gasteiger partial charge in [0.2, 0.25) is 0 Å². The topological polar surface area (TPSA) is 44.5 Å². The lowest BCUT2D eigenvalue weighted by Gasteiger charge is -2.16. The van der Waals surface area contributed by atoms with Crippen LogP contribution in [0, 0.1) is 0 Å². The molecule has 0 radical (unpaired) electrons. The van der Waals surface area contributed by atoms with Crippen LogP contribution in [0.2, 0.25) is 0 Å². The Hall–Kier alpha value is -2.21. The Balaban J connectivity index is 2.00. The Bertz CT molecular complexity index is 612. The molecular formula is C16H16F3NO2. The van der Waals surface area contributed by atoms with Gasteiger partial charge < -0.3 is 15.2 Å². The van der Waals surface area contributed by atoms with Crippen LogP contribution in [-0.4, -0.2) is 13.7 Å². The number of hydrogen-bond acceptors (Lipinski definition) is 3. The zero-order valence-corrected chi connectivity index (χ0v) is 11.9. The molecule has 1 atom stereocenters. The third kappa shape index (κ3) is 3.92. The van der Waals surface area contributed by atoms with Crippen LogP contribution >= 0.6 is 0 Å². The molecule has 2 N–H and O–H groups in total. The molecule has 3 nitrogen and oxygen atoms in total. The minimum Gasteiger partial charge on any atom is -0.496 e. The van der Waals surface area contributed by atoms with Crippen molar-refractivity contribution >= 4 is 0 Å². The van der Waals surface area contributed by atoms with Crippen molar-refractivity contribution in [3.63, 3.8) is 0 Å². The molecule has 0 spiro atoms. The van der Waals surface area contributed by atoms with Crippen molar-refractivity contribution in [1.82, 2.24) is 0 Å². The quantitative estimate of drug-likeness (QED) is 0.913. The Morgan fingerprint density at radius 2 is 1.68 bits per heavy atom. The molecule has 0 aliphatic heterocycles. The smallest absolute Gasteiger partial charge is 0.416 e. The average Bonchev–Trinajstić information content (AvgIpc) is 2.52. The van der Waals surface area contributed by atoms with Crippen LogP contribution in [0.25, 0.3) is 0 Å². The summed E-state index contributed by atoms with van der Waals surface area (Å²) in [7, 11) is 1.54. The van der Waals surface area contributed by atoms with E-state index in [1.807, 2.05) is 18.2 Å². The molecule has 0 amide bonds. The Morgan fingerprint density at radius 1 is 1.05 bits per heavy atom. The van der Waals surface area contributed by atoms with Crippen LogP contribution in [0.15, 0.2) is 48.5 Å². The average molecular weight is 311 g/mol. The van der Waals surface area contributed by atoms with Gasteiger partial charge in [-0.2, -0.15) is 13.2 Å². The Morgan fingerprint density at radius 3 is 2.27 bits per heavy atom. The number of halogens is 3. The first kappa shape index (κ1) is 16.2. The maximum atomic E-state index is 12.5. The number of methoxy groups -OCH3 is 1. The molecule has 118 valence electrons. The molecule has 0 bridgehead atoms. The van der Waals surface area contributed by atoms with Gasteiger partial charge in [-0.25, -0.2) is 0 Å². The predicted molar refractivity (Wildman–Crippen MR) is 76.9 cm³/mol. The first-order valence-corrected chi connectivity index (χ1v) is 6.60. The highest BCUT2D eigenvalue weighted by molar-refractivity contribution is 5.36. The lowest BCUT2D eigenvalue weighted by Crippen LogP contribution is -2.19. The minimum absolute atomic E-state index is 0.131. The van der Waals surface area contributed by atoms with Gasteiger partial charge in [-0.3, -0.25) is 0 Å². The SMILES string of the molecule is COc1ccccc1C(N)COc1ccc(C(F)(F)F)cc1. The van der Waals surface area contributed by atoms with E-state index in [4.69, 9.17) is 15.2 Å². The summed E-state index contributed by atoms with van der Waals surface area (Å²) in [6.07, 6.45) is -4.35. The van der Waals surface area contributed by atoms with E-state index in [9.17, 15) is 13.2 Å². The molecule has 0 aliphatic carbocycles. The predicted octanol–water partition coefficient (Wildman–Crippen LogP) is 3.79. The Kier molecular flexibility index (Phi) is 4.92. The molecule has 0 saturated carbocycles. The molecule has 1 unspecified atom stereocenters. The van der Waals surface area contributed by atoms with Crippen molar-refractivity contribution in [2.75, 3.05) is 13.7 Å². The molecule has 22 heavy (non-hydrogen) atoms. The maximum absolute atomic E-state index is 12.5. The largest absolute Gasteiger partial charge is 0.496 e. The highest BCUT2D eigenvalue weighted by Crippen LogP contribution is 2.30. The summed E-state index contributed by atoms with van der Waals surface area (Å²) in [6, 6.07) is 11.3. The molecule has 0 aliphatic rings. The standard InChI is InChI=1S/C16H16F3NO2/c1-21-15-5-3-2-4-13(15)14(20)10-22-12-8-6-11(7-9-12)16(17,18)19/h2-9,14H,10,20H2,1H3. The molecule has 0 heterocycles. The molecule has 2 rings (SSSR count). The van der Waals surface area contributed by atoms with Gasteiger partial charge in [-0.05, 0) is 30.3 Å². The zero-order valence-electron chi connectivity index (χ0n) is 11.9. The fraction of sp³-hybridized carbons (Fsp3) is 0.250. The second-order valence-corrected chi connectivity index (χ2v) is 4.68. The maximum Gasteiger partial charge on any atom is 0.416 e. The number of ether oxygens (including phenoxy) is 2. The van der Waals surface area contributed by atoms with Crippen LogP contribution in [0.5, 0.6) is 11.5 Å². The van der Waals surface area contributed by atoms with Crippen LogP contribution in [0.4, 0.5) is 13.2 Å². The molecular weight excluding hydrogens is 295 g/mol. The van der Waals surface area contributed by atoms with E-state index in [0.29, 0.717) is 11.5 Å². The highest BCUT2D eigenvalue weighted by atomic mass is 19.4. The monoisotopic (exact) mass is 311 g/mol. The van der Waals surface area contributed by atoms with E-state index in [0.717, 1.165) is 17.7 Å². The number of rotatable bonds is 5. The van der Waals surface area contributed by atoms with Gasteiger partial charge in [-0.1, -0.05) is 18.2 Å². The van der Waals surface area contributed by atoms with Gasteiger partial charge in [0.1, 0.15) is 18.1 Å². The van der Waals surface area contributed by atoms with Crippen LogP contribution in [0.1, 0.15) is 17.2 Å². The summed E-state index contributed by atoms with van der Waals surface area (Å²) in [5, 5.41) is 0. The van der Waals surface area contributed by atoms with Crippen LogP contribution in [0.3, 0.4) is 0 Å². The van der Waals surface area contributed by atoms with Gasteiger partial charge >= 0.3 is 6.18 Å². The summed E-state index contributed by atoms with van der Waals surface area (Å²) in [5.41, 5.74) is 6.09. The van der Waals surface area contributed by atoms with E-state index < -0.39 is 17.8 Å². The second kappa shape index (κ2) is 6.70. The molecule has 0 fully saturated rings. The van der Waals surface area contributed by atoms with Crippen LogP contribution < -0.4 is 15.2 Å². The first-order chi connectivity index (χ1) is 10.4. The molecule has 0 aromatic heterocycles. The summed E-state index contributed by atoms with van der Waals surface area (Å²) in [5.74, 6) is 0.976. The van der Waals surface area contributed by atoms with Crippen molar-refractivity contribution in [2.24, 2.45) is 5.73 Å². The number of nitrogens with two attached hydrogens (primary N) is 1. The third-order valence-electron chi connectivity index (χ3n) is 3.15. The van der Waals surface area contributed by atoms with Gasteiger partial charge in [0.05, 0.1) is 18.7 Å². The van der Waals surface area contributed by atoms with E-state index in [1.165, 1.54) is 12.1 Å². The van der Waals surface area contributed by atoms with E-state index >= 15 is 0 Å². The number of alkyl halides is 3. The number of hydrogen-bond donors (Lipinski definition) is 1. The van der Waals surface area contributed by atoms with Crippen LogP contribution in [-0.2, 0) is 6.18 Å². The molecule has 6 heteroatoms. The lowest BCUT2D eigenvalue weighted by molar-refractivity contribution is -0.137. The number of benzene rings is 2. The van der Waals surface area contributed by atoms with E-state index in [1.54, 1.807) is 13.2 Å². The van der Waals surface area contributed by atoms with Crippen molar-refractivity contribution in [1.29, 1.82) is 0 Å². The molecule has 2 aromatic carbocycles.